The fourth-order valence-electron chi connectivity index (χ4n) is 3.69. The van der Waals surface area contributed by atoms with Crippen LogP contribution in [-0.4, -0.2) is 47.9 Å². The van der Waals surface area contributed by atoms with Crippen LogP contribution in [0.25, 0.3) is 0 Å². The monoisotopic (exact) mass is 421 g/mol. The van der Waals surface area contributed by atoms with Gasteiger partial charge in [0.2, 0.25) is 5.91 Å². The second kappa shape index (κ2) is 8.22. The van der Waals surface area contributed by atoms with Gasteiger partial charge in [-0.25, -0.2) is 14.5 Å². The van der Waals surface area contributed by atoms with Crippen molar-refractivity contribution < 1.29 is 23.9 Å². The second-order valence-corrected chi connectivity index (χ2v) is 7.77. The Kier molecular flexibility index (Phi) is 5.46. The molecule has 1 unspecified atom stereocenters. The number of aryl methyl sites for hydroxylation is 1. The SMILES string of the molecule is COC(=O)c1ccc(NC(=O)CC2C(=O)N(c3ccc(C)cc3)C(=O)N2C2CC2)cc1. The predicted molar refractivity (Wildman–Crippen MR) is 114 cm³/mol. The van der Waals surface area contributed by atoms with Crippen molar-refractivity contribution in [3.05, 3.63) is 59.7 Å². The highest BCUT2D eigenvalue weighted by atomic mass is 16.5. The standard InChI is InChI=1S/C23H23N3O5/c1-14-3-9-18(10-4-14)26-21(28)19(25(23(26)30)17-11-12-17)13-20(27)24-16-7-5-15(6-8-16)22(29)31-2/h3-10,17,19H,11-13H2,1-2H3,(H,24,27). The Morgan fingerprint density at radius 1 is 1.03 bits per heavy atom. The molecule has 1 aliphatic carbocycles. The number of rotatable bonds is 6. The van der Waals surface area contributed by atoms with Crippen molar-refractivity contribution in [2.45, 2.75) is 38.3 Å². The van der Waals surface area contributed by atoms with Gasteiger partial charge in [0.25, 0.3) is 5.91 Å². The Labute approximate surface area is 179 Å². The van der Waals surface area contributed by atoms with Crippen LogP contribution in [-0.2, 0) is 14.3 Å². The molecule has 160 valence electrons. The summed E-state index contributed by atoms with van der Waals surface area (Å²) >= 11 is 0. The number of nitrogens with one attached hydrogen (secondary N) is 1. The van der Waals surface area contributed by atoms with E-state index < -0.39 is 17.9 Å². The number of amides is 4. The summed E-state index contributed by atoms with van der Waals surface area (Å²) in [5.74, 6) is -1.24. The Morgan fingerprint density at radius 2 is 1.68 bits per heavy atom. The number of ether oxygens (including phenoxy) is 1. The number of anilines is 2. The number of nitrogens with zero attached hydrogens (tertiary/aromatic N) is 2. The molecule has 1 saturated heterocycles. The van der Waals surface area contributed by atoms with Crippen molar-refractivity contribution in [2.24, 2.45) is 0 Å². The van der Waals surface area contributed by atoms with Gasteiger partial charge in [-0.2, -0.15) is 0 Å². The normalized spacial score (nSPS) is 18.3. The maximum Gasteiger partial charge on any atom is 0.337 e. The van der Waals surface area contributed by atoms with Gasteiger partial charge >= 0.3 is 12.0 Å². The Morgan fingerprint density at radius 3 is 2.26 bits per heavy atom. The van der Waals surface area contributed by atoms with Crippen molar-refractivity contribution in [3.63, 3.8) is 0 Å². The molecule has 2 fully saturated rings. The number of carbonyl (C=O) groups is 4. The van der Waals surface area contributed by atoms with Crippen molar-refractivity contribution in [3.8, 4) is 0 Å². The lowest BCUT2D eigenvalue weighted by Crippen LogP contribution is -2.39. The highest BCUT2D eigenvalue weighted by molar-refractivity contribution is 6.22. The predicted octanol–water partition coefficient (Wildman–Crippen LogP) is 3.11. The average Bonchev–Trinajstić information content (AvgIpc) is 3.56. The van der Waals surface area contributed by atoms with Crippen LogP contribution >= 0.6 is 0 Å². The van der Waals surface area contributed by atoms with E-state index >= 15 is 0 Å². The van der Waals surface area contributed by atoms with Gasteiger partial charge in [-0.1, -0.05) is 17.7 Å². The summed E-state index contributed by atoms with van der Waals surface area (Å²) in [5.41, 5.74) is 2.39. The summed E-state index contributed by atoms with van der Waals surface area (Å²) in [6.07, 6.45) is 1.52. The molecule has 1 saturated carbocycles. The van der Waals surface area contributed by atoms with Gasteiger partial charge in [0, 0.05) is 11.7 Å². The zero-order valence-electron chi connectivity index (χ0n) is 17.3. The maximum atomic E-state index is 13.1. The first kappa shape index (κ1) is 20.6. The number of hydrogen-bond donors (Lipinski definition) is 1. The molecule has 1 heterocycles. The quantitative estimate of drug-likeness (QED) is 0.571. The molecule has 2 aromatic rings. The number of benzene rings is 2. The molecule has 1 aliphatic heterocycles. The van der Waals surface area contributed by atoms with Crippen LogP contribution in [0.5, 0.6) is 0 Å². The van der Waals surface area contributed by atoms with E-state index in [0.29, 0.717) is 16.9 Å². The molecule has 0 radical (unpaired) electrons. The number of methoxy groups -OCH3 is 1. The minimum atomic E-state index is -0.837. The van der Waals surface area contributed by atoms with Gasteiger partial charge in [-0.3, -0.25) is 9.59 Å². The number of urea groups is 1. The van der Waals surface area contributed by atoms with E-state index in [4.69, 9.17) is 0 Å². The zero-order valence-corrected chi connectivity index (χ0v) is 17.3. The van der Waals surface area contributed by atoms with Crippen LogP contribution in [0.1, 0.15) is 35.2 Å². The summed E-state index contributed by atoms with van der Waals surface area (Å²) in [7, 11) is 1.30. The van der Waals surface area contributed by atoms with Crippen molar-refractivity contribution >= 4 is 35.2 Å². The van der Waals surface area contributed by atoms with E-state index in [2.05, 4.69) is 10.1 Å². The topological polar surface area (TPSA) is 96.0 Å². The lowest BCUT2D eigenvalue weighted by molar-refractivity contribution is -0.124. The number of carbonyl (C=O) groups excluding carboxylic acids is 4. The summed E-state index contributed by atoms with van der Waals surface area (Å²) in [5, 5.41) is 2.73. The van der Waals surface area contributed by atoms with E-state index in [1.54, 1.807) is 41.3 Å². The molecule has 2 aliphatic rings. The van der Waals surface area contributed by atoms with Gasteiger partial charge in [-0.05, 0) is 56.2 Å². The largest absolute Gasteiger partial charge is 0.465 e. The first-order valence-electron chi connectivity index (χ1n) is 10.1. The number of hydrogen-bond acceptors (Lipinski definition) is 5. The Hall–Kier alpha value is -3.68. The fourth-order valence-corrected chi connectivity index (χ4v) is 3.69. The van der Waals surface area contributed by atoms with Crippen LogP contribution in [0.15, 0.2) is 48.5 Å². The van der Waals surface area contributed by atoms with Crippen LogP contribution in [0, 0.1) is 6.92 Å². The second-order valence-electron chi connectivity index (χ2n) is 7.77. The number of imide groups is 1. The van der Waals surface area contributed by atoms with E-state index in [9.17, 15) is 19.2 Å². The zero-order chi connectivity index (χ0) is 22.1. The highest BCUT2D eigenvalue weighted by Crippen LogP contribution is 2.36. The lowest BCUT2D eigenvalue weighted by atomic mass is 10.1. The minimum absolute atomic E-state index is 0.0101. The fraction of sp³-hybridized carbons (Fsp3) is 0.304. The molecule has 8 nitrogen and oxygen atoms in total. The molecule has 31 heavy (non-hydrogen) atoms. The van der Waals surface area contributed by atoms with Crippen molar-refractivity contribution in [1.29, 1.82) is 0 Å². The Bertz CT molecular complexity index is 1030. The third-order valence-electron chi connectivity index (χ3n) is 5.45. The molecular formula is C23H23N3O5. The molecule has 1 atom stereocenters. The van der Waals surface area contributed by atoms with Crippen molar-refractivity contribution in [1.82, 2.24) is 4.90 Å². The molecule has 4 rings (SSSR count). The highest BCUT2D eigenvalue weighted by Gasteiger charge is 2.51. The van der Waals surface area contributed by atoms with Crippen LogP contribution in [0.2, 0.25) is 0 Å². The third kappa shape index (κ3) is 4.14. The van der Waals surface area contributed by atoms with Gasteiger partial charge in [0.1, 0.15) is 6.04 Å². The van der Waals surface area contributed by atoms with Crippen LogP contribution < -0.4 is 10.2 Å². The van der Waals surface area contributed by atoms with Crippen LogP contribution in [0.3, 0.4) is 0 Å². The van der Waals surface area contributed by atoms with E-state index in [-0.39, 0.29) is 24.4 Å². The van der Waals surface area contributed by atoms with Gasteiger partial charge < -0.3 is 15.0 Å². The van der Waals surface area contributed by atoms with E-state index in [0.717, 1.165) is 18.4 Å². The molecule has 0 bridgehead atoms. The van der Waals surface area contributed by atoms with E-state index in [1.807, 2.05) is 19.1 Å². The summed E-state index contributed by atoms with van der Waals surface area (Å²) < 4.78 is 4.66. The Balaban J connectivity index is 1.49. The smallest absolute Gasteiger partial charge is 0.337 e. The first-order valence-corrected chi connectivity index (χ1v) is 10.1. The van der Waals surface area contributed by atoms with Crippen molar-refractivity contribution in [2.75, 3.05) is 17.3 Å². The van der Waals surface area contributed by atoms with Gasteiger partial charge in [0.15, 0.2) is 0 Å². The molecule has 2 aromatic carbocycles. The molecule has 4 amide bonds. The lowest BCUT2D eigenvalue weighted by Gasteiger charge is -2.21. The molecule has 0 spiro atoms. The summed E-state index contributed by atoms with van der Waals surface area (Å²) in [6.45, 7) is 1.93. The first-order chi connectivity index (χ1) is 14.9. The van der Waals surface area contributed by atoms with Crippen LogP contribution in [0.4, 0.5) is 16.2 Å². The van der Waals surface area contributed by atoms with E-state index in [1.165, 1.54) is 12.0 Å². The maximum absolute atomic E-state index is 13.1. The number of esters is 1. The van der Waals surface area contributed by atoms with Gasteiger partial charge in [0.05, 0.1) is 24.8 Å². The third-order valence-corrected chi connectivity index (χ3v) is 5.45. The summed E-state index contributed by atoms with van der Waals surface area (Å²) in [6, 6.07) is 12.2. The molecular weight excluding hydrogens is 398 g/mol. The van der Waals surface area contributed by atoms with Gasteiger partial charge in [-0.15, -0.1) is 0 Å². The molecule has 8 heteroatoms. The summed E-state index contributed by atoms with van der Waals surface area (Å²) in [4.78, 5) is 53.0. The molecule has 0 aromatic heterocycles. The average molecular weight is 421 g/mol. The molecule has 1 N–H and O–H groups in total. The minimum Gasteiger partial charge on any atom is -0.465 e.